The van der Waals surface area contributed by atoms with Crippen molar-refractivity contribution in [2.45, 2.75) is 123 Å². The van der Waals surface area contributed by atoms with Crippen LogP contribution in [0.1, 0.15) is 93.9 Å². The van der Waals surface area contributed by atoms with Crippen molar-refractivity contribution in [1.29, 1.82) is 0 Å². The van der Waals surface area contributed by atoms with Crippen LogP contribution in [-0.4, -0.2) is 92.6 Å². The van der Waals surface area contributed by atoms with Crippen LogP contribution < -0.4 is 0 Å². The number of likely N-dealkylation sites (tertiary alicyclic amines) is 1. The van der Waals surface area contributed by atoms with E-state index in [1.807, 2.05) is 25.7 Å². The third kappa shape index (κ3) is 5.63. The first-order chi connectivity index (χ1) is 19.1. The smallest absolute Gasteiger partial charge is 0.249 e. The number of amides is 3. The Kier molecular flexibility index (Phi) is 9.91. The van der Waals surface area contributed by atoms with Gasteiger partial charge in [0.05, 0.1) is 30.1 Å². The number of carbonyl (C=O) groups excluding carboxylic acids is 3. The Hall–Kier alpha value is -2.19. The van der Waals surface area contributed by atoms with Crippen LogP contribution in [0.5, 0.6) is 0 Å². The van der Waals surface area contributed by atoms with E-state index in [2.05, 4.69) is 47.8 Å². The van der Waals surface area contributed by atoms with Gasteiger partial charge in [-0.05, 0) is 57.8 Å². The Morgan fingerprint density at radius 1 is 1.10 bits per heavy atom. The largest absolute Gasteiger partial charge is 0.394 e. The molecule has 3 saturated heterocycles. The highest BCUT2D eigenvalue weighted by atomic mass is 16.5. The lowest BCUT2D eigenvalue weighted by Gasteiger charge is -2.46. The topological polar surface area (TPSA) is 90.4 Å². The van der Waals surface area contributed by atoms with Crippen LogP contribution in [0.4, 0.5) is 0 Å². The quantitative estimate of drug-likeness (QED) is 0.308. The highest BCUT2D eigenvalue weighted by Crippen LogP contribution is 2.65. The van der Waals surface area contributed by atoms with E-state index in [4.69, 9.17) is 4.74 Å². The van der Waals surface area contributed by atoms with Crippen molar-refractivity contribution in [1.82, 2.24) is 14.7 Å². The van der Waals surface area contributed by atoms with Crippen LogP contribution in [0.25, 0.3) is 0 Å². The van der Waals surface area contributed by atoms with Gasteiger partial charge in [-0.25, -0.2) is 0 Å². The standard InChI is InChI=1S/C33H55N3O5/c1-11-18-34(19-12-2)27(38)24-25-28(39)36(23(14-4)21-37)26(33(25)17-16-32(24,15-5)41-33)29(40)35(20-13-3)31(9,10)22-30(6,7)8/h11,13,23-26,37H,1,3,12,14-22H2,2,4-10H3/t23-,24+,25-,26?,32-,33?/m0/s1. The molecule has 2 unspecified atom stereocenters. The van der Waals surface area contributed by atoms with Crippen molar-refractivity contribution in [2.75, 3.05) is 26.2 Å². The first-order valence-electron chi connectivity index (χ1n) is 15.6. The summed E-state index contributed by atoms with van der Waals surface area (Å²) in [6, 6.07) is -1.48. The molecule has 0 aromatic carbocycles. The first-order valence-corrected chi connectivity index (χ1v) is 15.6. The van der Waals surface area contributed by atoms with Crippen LogP contribution in [0.2, 0.25) is 0 Å². The zero-order chi connectivity index (χ0) is 31.0. The molecular formula is C33H55N3O5. The van der Waals surface area contributed by atoms with E-state index in [1.54, 1.807) is 22.0 Å². The number of hydrogen-bond donors (Lipinski definition) is 1. The molecule has 232 valence electrons. The average molecular weight is 574 g/mol. The maximum atomic E-state index is 14.9. The molecule has 3 heterocycles. The summed E-state index contributed by atoms with van der Waals surface area (Å²) in [5, 5.41) is 10.4. The molecule has 3 aliphatic rings. The fourth-order valence-electron chi connectivity index (χ4n) is 8.34. The van der Waals surface area contributed by atoms with Crippen molar-refractivity contribution >= 4 is 17.7 Å². The van der Waals surface area contributed by atoms with E-state index in [-0.39, 0.29) is 29.7 Å². The van der Waals surface area contributed by atoms with Gasteiger partial charge in [-0.1, -0.05) is 53.7 Å². The number of fused-ring (bicyclic) bond motifs is 1. The Bertz CT molecular complexity index is 1010. The third-order valence-electron chi connectivity index (χ3n) is 9.62. The van der Waals surface area contributed by atoms with E-state index in [0.29, 0.717) is 45.3 Å². The van der Waals surface area contributed by atoms with Gasteiger partial charge in [0.25, 0.3) is 0 Å². The number of ether oxygens (including phenoxy) is 1. The van der Waals surface area contributed by atoms with Crippen LogP contribution >= 0.6 is 0 Å². The van der Waals surface area contributed by atoms with E-state index in [1.165, 1.54) is 0 Å². The van der Waals surface area contributed by atoms with Gasteiger partial charge in [0.1, 0.15) is 11.6 Å². The third-order valence-corrected chi connectivity index (χ3v) is 9.62. The second-order valence-electron chi connectivity index (χ2n) is 14.2. The minimum absolute atomic E-state index is 0.0494. The highest BCUT2D eigenvalue weighted by molar-refractivity contribution is 5.99. The van der Waals surface area contributed by atoms with Crippen LogP contribution in [0, 0.1) is 17.3 Å². The molecule has 0 aromatic heterocycles. The molecule has 0 saturated carbocycles. The SMILES string of the molecule is C=CCN(CCC)C(=O)[C@H]1[C@H]2C(=O)N([C@@H](CC)CO)C(C(=O)N(CC=C)C(C)(C)CC(C)(C)C)C23CC[C@]1(CC)O3. The predicted octanol–water partition coefficient (Wildman–Crippen LogP) is 4.57. The maximum Gasteiger partial charge on any atom is 0.249 e. The van der Waals surface area contributed by atoms with Gasteiger partial charge in [0, 0.05) is 25.2 Å². The van der Waals surface area contributed by atoms with Crippen LogP contribution in [-0.2, 0) is 19.1 Å². The number of rotatable bonds is 14. The van der Waals surface area contributed by atoms with Crippen molar-refractivity contribution < 1.29 is 24.2 Å². The minimum Gasteiger partial charge on any atom is -0.394 e. The summed E-state index contributed by atoms with van der Waals surface area (Å²) >= 11 is 0. The monoisotopic (exact) mass is 573 g/mol. The van der Waals surface area contributed by atoms with Crippen molar-refractivity contribution in [3.63, 3.8) is 0 Å². The lowest BCUT2D eigenvalue weighted by molar-refractivity contribution is -0.161. The van der Waals surface area contributed by atoms with E-state index < -0.39 is 40.7 Å². The number of nitrogens with zero attached hydrogens (tertiary/aromatic N) is 3. The van der Waals surface area contributed by atoms with Gasteiger partial charge < -0.3 is 24.5 Å². The predicted molar refractivity (Wildman–Crippen MR) is 162 cm³/mol. The molecule has 3 amide bonds. The summed E-state index contributed by atoms with van der Waals surface area (Å²) in [5.41, 5.74) is -2.52. The lowest BCUT2D eigenvalue weighted by Crippen LogP contribution is -2.62. The molecule has 8 nitrogen and oxygen atoms in total. The van der Waals surface area contributed by atoms with Gasteiger partial charge in [-0.15, -0.1) is 13.2 Å². The summed E-state index contributed by atoms with van der Waals surface area (Å²) in [7, 11) is 0. The first kappa shape index (κ1) is 33.3. The number of carbonyl (C=O) groups is 3. The summed E-state index contributed by atoms with van der Waals surface area (Å²) < 4.78 is 6.99. The van der Waals surface area contributed by atoms with Gasteiger partial charge >= 0.3 is 0 Å². The molecule has 1 N–H and O–H groups in total. The average Bonchev–Trinajstić information content (AvgIpc) is 3.49. The number of aliphatic hydroxyl groups excluding tert-OH is 1. The second-order valence-corrected chi connectivity index (χ2v) is 14.2. The van der Waals surface area contributed by atoms with Crippen molar-refractivity contribution in [3.05, 3.63) is 25.3 Å². The van der Waals surface area contributed by atoms with Gasteiger partial charge in [-0.2, -0.15) is 0 Å². The molecule has 3 rings (SSSR count). The van der Waals surface area contributed by atoms with Crippen molar-refractivity contribution in [2.24, 2.45) is 17.3 Å². The number of hydrogen-bond acceptors (Lipinski definition) is 5. The highest BCUT2D eigenvalue weighted by Gasteiger charge is 2.79. The van der Waals surface area contributed by atoms with E-state index in [0.717, 1.165) is 12.8 Å². The number of aliphatic hydroxyl groups is 1. The maximum absolute atomic E-state index is 14.9. The normalized spacial score (nSPS) is 29.8. The molecule has 3 aliphatic heterocycles. The Balaban J connectivity index is 2.20. The fourth-order valence-corrected chi connectivity index (χ4v) is 8.34. The molecule has 0 radical (unpaired) electrons. The molecule has 8 heteroatoms. The van der Waals surface area contributed by atoms with Crippen molar-refractivity contribution in [3.8, 4) is 0 Å². The fraction of sp³-hybridized carbons (Fsp3) is 0.788. The van der Waals surface area contributed by atoms with Crippen LogP contribution in [0.3, 0.4) is 0 Å². The summed E-state index contributed by atoms with van der Waals surface area (Å²) in [4.78, 5) is 49.0. The summed E-state index contributed by atoms with van der Waals surface area (Å²) in [6.45, 7) is 25.3. The van der Waals surface area contributed by atoms with Crippen LogP contribution in [0.15, 0.2) is 25.3 Å². The van der Waals surface area contributed by atoms with E-state index in [9.17, 15) is 19.5 Å². The van der Waals surface area contributed by atoms with Gasteiger partial charge in [0.15, 0.2) is 0 Å². The van der Waals surface area contributed by atoms with E-state index >= 15 is 0 Å². The Labute approximate surface area is 248 Å². The Morgan fingerprint density at radius 2 is 1.73 bits per heavy atom. The molecule has 1 spiro atoms. The zero-order valence-corrected chi connectivity index (χ0v) is 26.9. The second kappa shape index (κ2) is 12.2. The molecule has 2 bridgehead atoms. The molecular weight excluding hydrogens is 518 g/mol. The Morgan fingerprint density at radius 3 is 2.22 bits per heavy atom. The minimum atomic E-state index is -1.13. The molecule has 3 fully saturated rings. The molecule has 0 aromatic rings. The molecule has 6 atom stereocenters. The molecule has 41 heavy (non-hydrogen) atoms. The molecule has 0 aliphatic carbocycles. The lowest BCUT2D eigenvalue weighted by atomic mass is 9.64. The summed E-state index contributed by atoms with van der Waals surface area (Å²) in [6.07, 6.45) is 7.16. The summed E-state index contributed by atoms with van der Waals surface area (Å²) in [5.74, 6) is -2.01. The zero-order valence-electron chi connectivity index (χ0n) is 26.9. The van der Waals surface area contributed by atoms with Gasteiger partial charge in [-0.3, -0.25) is 14.4 Å². The van der Waals surface area contributed by atoms with Gasteiger partial charge in [0.2, 0.25) is 17.7 Å².